The third-order valence-electron chi connectivity index (χ3n) is 3.11. The molecule has 0 aromatic heterocycles. The molecule has 0 heterocycles. The predicted molar refractivity (Wildman–Crippen MR) is 86.7 cm³/mol. The lowest BCUT2D eigenvalue weighted by atomic mass is 10.1. The molecule has 0 fully saturated rings. The van der Waals surface area contributed by atoms with E-state index >= 15 is 0 Å². The number of amides is 1. The molecule has 0 spiro atoms. The molecule has 0 aliphatic heterocycles. The van der Waals surface area contributed by atoms with Gasteiger partial charge in [-0.25, -0.2) is 4.79 Å². The topological polar surface area (TPSA) is 154 Å². The molecule has 0 bridgehead atoms. The van der Waals surface area contributed by atoms with E-state index in [1.807, 2.05) is 0 Å². The second kappa shape index (κ2) is 10.9. The number of methoxy groups -OCH3 is 1. The lowest BCUT2D eigenvalue weighted by Gasteiger charge is -2.16. The van der Waals surface area contributed by atoms with Gasteiger partial charge in [0.25, 0.3) is 0 Å². The Morgan fingerprint density at radius 2 is 2.04 bits per heavy atom. The van der Waals surface area contributed by atoms with Crippen LogP contribution in [0.4, 0.5) is 0 Å². The highest BCUT2D eigenvalue weighted by Crippen LogP contribution is 2.14. The number of carbonyl (C=O) groups is 2. The lowest BCUT2D eigenvalue weighted by molar-refractivity contribution is -0.144. The molecule has 1 rings (SSSR count). The smallest absolute Gasteiger partial charge is 0.328 e. The van der Waals surface area contributed by atoms with Gasteiger partial charge in [0.1, 0.15) is 31.0 Å². The zero-order chi connectivity index (χ0) is 18.7. The molecular formula is C15H20N4O6. The van der Waals surface area contributed by atoms with Crippen LogP contribution in [0.1, 0.15) is 5.56 Å². The summed E-state index contributed by atoms with van der Waals surface area (Å²) >= 11 is 0. The second-order valence-corrected chi connectivity index (χ2v) is 5.03. The van der Waals surface area contributed by atoms with Crippen molar-refractivity contribution in [1.29, 1.82) is 0 Å². The number of ether oxygens (including phenoxy) is 2. The summed E-state index contributed by atoms with van der Waals surface area (Å²) in [5.74, 6) is -0.731. The van der Waals surface area contributed by atoms with Gasteiger partial charge < -0.3 is 25.0 Å². The van der Waals surface area contributed by atoms with Crippen molar-refractivity contribution in [3.63, 3.8) is 0 Å². The maximum atomic E-state index is 11.8. The first-order valence-corrected chi connectivity index (χ1v) is 7.38. The fourth-order valence-corrected chi connectivity index (χ4v) is 1.87. The van der Waals surface area contributed by atoms with Gasteiger partial charge in [0, 0.05) is 11.3 Å². The predicted octanol–water partition coefficient (Wildman–Crippen LogP) is -0.0708. The van der Waals surface area contributed by atoms with Crippen molar-refractivity contribution in [3.8, 4) is 5.75 Å². The maximum absolute atomic E-state index is 11.8. The summed E-state index contributed by atoms with van der Waals surface area (Å²) in [6, 6.07) is 5.73. The number of esters is 1. The van der Waals surface area contributed by atoms with E-state index in [9.17, 15) is 14.7 Å². The number of carbonyl (C=O) groups excluding carboxylic acids is 2. The van der Waals surface area contributed by atoms with Gasteiger partial charge in [0.2, 0.25) is 5.91 Å². The van der Waals surface area contributed by atoms with Crippen molar-refractivity contribution in [1.82, 2.24) is 5.32 Å². The van der Waals surface area contributed by atoms with Gasteiger partial charge in [-0.2, -0.15) is 0 Å². The Balaban J connectivity index is 2.68. The van der Waals surface area contributed by atoms with Crippen LogP contribution in [0, 0.1) is 0 Å². The SMILES string of the molecule is COC(=O)C(Cc1ccc(OC[C@@H](O)CO)cc1)NC(=O)CN=[N+]=[N-]. The van der Waals surface area contributed by atoms with Gasteiger partial charge in [0.15, 0.2) is 0 Å². The summed E-state index contributed by atoms with van der Waals surface area (Å²) in [6.45, 7) is -0.853. The Morgan fingerprint density at radius 1 is 1.36 bits per heavy atom. The summed E-state index contributed by atoms with van der Waals surface area (Å²) in [5, 5.41) is 23.5. The van der Waals surface area contributed by atoms with Crippen LogP contribution in [0.5, 0.6) is 5.75 Å². The van der Waals surface area contributed by atoms with E-state index in [1.165, 1.54) is 7.11 Å². The molecule has 1 unspecified atom stereocenters. The van der Waals surface area contributed by atoms with E-state index in [-0.39, 0.29) is 13.0 Å². The molecule has 0 saturated carbocycles. The van der Waals surface area contributed by atoms with Crippen LogP contribution < -0.4 is 10.1 Å². The highest BCUT2D eigenvalue weighted by Gasteiger charge is 2.21. The molecule has 0 aliphatic rings. The molecule has 1 aromatic carbocycles. The van der Waals surface area contributed by atoms with Gasteiger partial charge in [-0.3, -0.25) is 4.79 Å². The first kappa shape index (κ1) is 20.2. The van der Waals surface area contributed by atoms with Gasteiger partial charge in [-0.05, 0) is 23.2 Å². The lowest BCUT2D eigenvalue weighted by Crippen LogP contribution is -2.43. The first-order valence-electron chi connectivity index (χ1n) is 7.38. The first-order chi connectivity index (χ1) is 12.0. The van der Waals surface area contributed by atoms with Crippen LogP contribution in [-0.4, -0.2) is 61.1 Å². The average Bonchev–Trinajstić information content (AvgIpc) is 2.64. The molecule has 25 heavy (non-hydrogen) atoms. The molecule has 1 aromatic rings. The number of azide groups is 1. The van der Waals surface area contributed by atoms with E-state index in [0.717, 1.165) is 5.56 Å². The standard InChI is InChI=1S/C15H20N4O6/c1-24-15(23)13(18-14(22)7-17-19-16)6-10-2-4-12(5-3-10)25-9-11(21)8-20/h2-5,11,13,20-21H,6-9H2,1H3,(H,18,22)/t11-,13?/m0/s1. The number of hydrogen-bond acceptors (Lipinski definition) is 7. The van der Waals surface area contributed by atoms with Crippen molar-refractivity contribution >= 4 is 11.9 Å². The van der Waals surface area contributed by atoms with Crippen molar-refractivity contribution in [2.75, 3.05) is 26.9 Å². The largest absolute Gasteiger partial charge is 0.491 e. The number of aliphatic hydroxyl groups excluding tert-OH is 2. The Bertz CT molecular complexity index is 615. The molecule has 0 radical (unpaired) electrons. The third-order valence-corrected chi connectivity index (χ3v) is 3.11. The highest BCUT2D eigenvalue weighted by molar-refractivity contribution is 5.85. The third kappa shape index (κ3) is 7.53. The van der Waals surface area contributed by atoms with E-state index in [2.05, 4.69) is 20.1 Å². The van der Waals surface area contributed by atoms with Gasteiger partial charge in [-0.1, -0.05) is 17.2 Å². The summed E-state index contributed by atoms with van der Waals surface area (Å²) < 4.78 is 9.94. The van der Waals surface area contributed by atoms with Crippen LogP contribution >= 0.6 is 0 Å². The zero-order valence-corrected chi connectivity index (χ0v) is 13.7. The number of nitrogens with zero attached hydrogens (tertiary/aromatic N) is 3. The summed E-state index contributed by atoms with van der Waals surface area (Å²) in [6.07, 6.45) is -0.788. The van der Waals surface area contributed by atoms with Crippen LogP contribution in [0.2, 0.25) is 0 Å². The Hall–Kier alpha value is -2.81. The van der Waals surface area contributed by atoms with Crippen molar-refractivity contribution in [2.45, 2.75) is 18.6 Å². The van der Waals surface area contributed by atoms with Gasteiger partial charge in [-0.15, -0.1) is 0 Å². The average molecular weight is 352 g/mol. The van der Waals surface area contributed by atoms with E-state index in [0.29, 0.717) is 5.75 Å². The number of nitrogens with one attached hydrogen (secondary N) is 1. The minimum Gasteiger partial charge on any atom is -0.491 e. The Morgan fingerprint density at radius 3 is 2.60 bits per heavy atom. The maximum Gasteiger partial charge on any atom is 0.328 e. The molecule has 0 aliphatic carbocycles. The molecule has 10 heteroatoms. The van der Waals surface area contributed by atoms with Crippen LogP contribution in [0.3, 0.4) is 0 Å². The van der Waals surface area contributed by atoms with Crippen LogP contribution in [0.25, 0.3) is 10.4 Å². The zero-order valence-electron chi connectivity index (χ0n) is 13.7. The number of rotatable bonds is 10. The normalized spacial score (nSPS) is 12.4. The minimum atomic E-state index is -0.963. The summed E-state index contributed by atoms with van der Waals surface area (Å²) in [5.41, 5.74) is 8.94. The van der Waals surface area contributed by atoms with E-state index in [1.54, 1.807) is 24.3 Å². The molecule has 2 atom stereocenters. The van der Waals surface area contributed by atoms with E-state index in [4.69, 9.17) is 15.4 Å². The summed E-state index contributed by atoms with van der Waals surface area (Å²) in [4.78, 5) is 25.9. The quantitative estimate of drug-likeness (QED) is 0.232. The fourth-order valence-electron chi connectivity index (χ4n) is 1.87. The Labute approximate surface area is 144 Å². The minimum absolute atomic E-state index is 0.0455. The molecular weight excluding hydrogens is 332 g/mol. The van der Waals surface area contributed by atoms with Gasteiger partial charge >= 0.3 is 5.97 Å². The summed E-state index contributed by atoms with van der Waals surface area (Å²) in [7, 11) is 1.21. The second-order valence-electron chi connectivity index (χ2n) is 5.03. The molecule has 10 nitrogen and oxygen atoms in total. The van der Waals surface area contributed by atoms with Gasteiger partial charge in [0.05, 0.1) is 13.7 Å². The van der Waals surface area contributed by atoms with Crippen molar-refractivity contribution < 1.29 is 29.3 Å². The monoisotopic (exact) mass is 352 g/mol. The number of benzene rings is 1. The number of aliphatic hydroxyl groups is 2. The van der Waals surface area contributed by atoms with Crippen molar-refractivity contribution in [2.24, 2.45) is 5.11 Å². The van der Waals surface area contributed by atoms with Crippen LogP contribution in [0.15, 0.2) is 29.4 Å². The highest BCUT2D eigenvalue weighted by atomic mass is 16.5. The van der Waals surface area contributed by atoms with Crippen LogP contribution in [-0.2, 0) is 20.7 Å². The van der Waals surface area contributed by atoms with E-state index < -0.39 is 37.2 Å². The van der Waals surface area contributed by atoms with Crippen molar-refractivity contribution in [3.05, 3.63) is 40.3 Å². The molecule has 0 saturated heterocycles. The number of hydrogen-bond donors (Lipinski definition) is 3. The molecule has 1 amide bonds. The fraction of sp³-hybridized carbons (Fsp3) is 0.467. The Kier molecular flexibility index (Phi) is 8.80. The molecule has 3 N–H and O–H groups in total. The molecule has 136 valence electrons.